The molecule has 0 spiro atoms. The lowest BCUT2D eigenvalue weighted by molar-refractivity contribution is -0.149. The van der Waals surface area contributed by atoms with Crippen molar-refractivity contribution in [2.24, 2.45) is 17.3 Å². The Morgan fingerprint density at radius 1 is 1.44 bits per heavy atom. The van der Waals surface area contributed by atoms with Gasteiger partial charge in [-0.05, 0) is 43.9 Å². The molecule has 2 atom stereocenters. The summed E-state index contributed by atoms with van der Waals surface area (Å²) in [5.74, 6) is 0.156. The Kier molecular flexibility index (Phi) is 3.95. The molecule has 0 bridgehead atoms. The Hall–Kier alpha value is -2.08. The minimum absolute atomic E-state index is 0.0319. The molecule has 3 fully saturated rings. The topological polar surface area (TPSA) is 74.0 Å². The van der Waals surface area contributed by atoms with Crippen LogP contribution in [0.15, 0.2) is 28.4 Å². The minimum Gasteiger partial charge on any atom is -0.481 e. The summed E-state index contributed by atoms with van der Waals surface area (Å²) in [6.07, 6.45) is 5.92. The third kappa shape index (κ3) is 2.99. The van der Waals surface area contributed by atoms with Crippen molar-refractivity contribution in [1.29, 1.82) is 0 Å². The van der Waals surface area contributed by atoms with Gasteiger partial charge in [-0.15, -0.1) is 0 Å². The molecule has 2 saturated heterocycles. The number of carbonyl (C=O) groups is 2. The lowest BCUT2D eigenvalue weighted by atomic mass is 9.81. The Balaban J connectivity index is 1.47. The summed E-state index contributed by atoms with van der Waals surface area (Å²) >= 11 is 0. The van der Waals surface area contributed by atoms with Crippen LogP contribution in [-0.2, 0) is 9.59 Å². The van der Waals surface area contributed by atoms with Crippen LogP contribution in [-0.4, -0.2) is 59.5 Å². The second-order valence-electron chi connectivity index (χ2n) is 7.85. The first-order chi connectivity index (χ1) is 12.0. The lowest BCUT2D eigenvalue weighted by Crippen LogP contribution is -2.41. The Labute approximate surface area is 147 Å². The van der Waals surface area contributed by atoms with Crippen molar-refractivity contribution in [3.8, 4) is 0 Å². The summed E-state index contributed by atoms with van der Waals surface area (Å²) in [4.78, 5) is 28.7. The van der Waals surface area contributed by atoms with Crippen molar-refractivity contribution >= 4 is 18.0 Å². The van der Waals surface area contributed by atoms with E-state index in [0.29, 0.717) is 32.1 Å². The average Bonchev–Trinajstić information content (AvgIpc) is 2.97. The summed E-state index contributed by atoms with van der Waals surface area (Å²) in [5.41, 5.74) is 0.148. The fourth-order valence-corrected chi connectivity index (χ4v) is 4.31. The van der Waals surface area contributed by atoms with Crippen molar-refractivity contribution in [1.82, 2.24) is 9.80 Å². The average molecular weight is 344 g/mol. The number of furan rings is 1. The molecule has 2 aliphatic heterocycles. The number of fused-ring (bicyclic) bond motifs is 1. The van der Waals surface area contributed by atoms with Crippen LogP contribution in [0.25, 0.3) is 6.08 Å². The van der Waals surface area contributed by atoms with Crippen LogP contribution in [0.5, 0.6) is 0 Å². The van der Waals surface area contributed by atoms with Gasteiger partial charge in [-0.25, -0.2) is 0 Å². The molecule has 0 radical (unpaired) electrons. The molecule has 0 unspecified atom stereocenters. The van der Waals surface area contributed by atoms with Gasteiger partial charge in [0.1, 0.15) is 11.2 Å². The van der Waals surface area contributed by atoms with Gasteiger partial charge in [0.05, 0.1) is 12.2 Å². The van der Waals surface area contributed by atoms with Gasteiger partial charge in [0.2, 0.25) is 5.91 Å². The number of carbonyl (C=O) groups excluding carboxylic acids is 1. The van der Waals surface area contributed by atoms with Gasteiger partial charge in [-0.3, -0.25) is 14.5 Å². The standard InChI is InChI=1S/C19H24N2O4/c1-13(7-15-3-2-6-25-15)8-20-10-16-17(22)21(9-14-4-5-14)12-19(16,11-20)18(23)24/h2-3,6-7,14,16H,4-5,8-12H2,1H3,(H,23,24)/b13-7+/t16-,19-/m0/s1. The summed E-state index contributed by atoms with van der Waals surface area (Å²) in [5, 5.41) is 9.88. The molecule has 134 valence electrons. The monoisotopic (exact) mass is 344 g/mol. The van der Waals surface area contributed by atoms with Crippen LogP contribution in [0.4, 0.5) is 0 Å². The van der Waals surface area contributed by atoms with Gasteiger partial charge in [-0.1, -0.05) is 5.57 Å². The summed E-state index contributed by atoms with van der Waals surface area (Å²) < 4.78 is 5.33. The molecule has 4 rings (SSSR count). The van der Waals surface area contributed by atoms with Crippen LogP contribution in [0.3, 0.4) is 0 Å². The predicted molar refractivity (Wildman–Crippen MR) is 91.7 cm³/mol. The van der Waals surface area contributed by atoms with Crippen LogP contribution in [0.1, 0.15) is 25.5 Å². The Bertz CT molecular complexity index is 707. The highest BCUT2D eigenvalue weighted by Crippen LogP contribution is 2.45. The number of rotatable bonds is 6. The van der Waals surface area contributed by atoms with E-state index in [2.05, 4.69) is 4.90 Å². The molecule has 1 aromatic heterocycles. The van der Waals surface area contributed by atoms with Crippen LogP contribution in [0.2, 0.25) is 0 Å². The van der Waals surface area contributed by atoms with Gasteiger partial charge in [-0.2, -0.15) is 0 Å². The summed E-state index contributed by atoms with van der Waals surface area (Å²) in [6.45, 7) is 4.72. The summed E-state index contributed by atoms with van der Waals surface area (Å²) in [6, 6.07) is 3.73. The predicted octanol–water partition coefficient (Wildman–Crippen LogP) is 1.94. The smallest absolute Gasteiger partial charge is 0.313 e. The molecule has 1 aliphatic carbocycles. The molecule has 1 aromatic rings. The number of carboxylic acid groups (broad SMARTS) is 1. The zero-order valence-electron chi connectivity index (χ0n) is 14.5. The van der Waals surface area contributed by atoms with E-state index in [-0.39, 0.29) is 5.91 Å². The molecule has 1 amide bonds. The summed E-state index contributed by atoms with van der Waals surface area (Å²) in [7, 11) is 0. The van der Waals surface area contributed by atoms with Gasteiger partial charge >= 0.3 is 5.97 Å². The normalized spacial score (nSPS) is 30.1. The van der Waals surface area contributed by atoms with Gasteiger partial charge in [0.25, 0.3) is 0 Å². The molecular formula is C19H24N2O4. The van der Waals surface area contributed by atoms with E-state index < -0.39 is 17.3 Å². The second kappa shape index (κ2) is 6.02. The molecule has 1 N–H and O–H groups in total. The van der Waals surface area contributed by atoms with E-state index in [1.807, 2.05) is 25.1 Å². The third-order valence-electron chi connectivity index (χ3n) is 5.70. The maximum Gasteiger partial charge on any atom is 0.313 e. The van der Waals surface area contributed by atoms with E-state index in [0.717, 1.165) is 30.7 Å². The van der Waals surface area contributed by atoms with Gasteiger partial charge in [0.15, 0.2) is 0 Å². The van der Waals surface area contributed by atoms with Gasteiger partial charge in [0, 0.05) is 32.7 Å². The number of carboxylic acids is 1. The Morgan fingerprint density at radius 2 is 2.24 bits per heavy atom. The third-order valence-corrected chi connectivity index (χ3v) is 5.70. The highest BCUT2D eigenvalue weighted by molar-refractivity contribution is 5.92. The van der Waals surface area contributed by atoms with Crippen LogP contribution < -0.4 is 0 Å². The van der Waals surface area contributed by atoms with Crippen molar-refractivity contribution in [3.05, 3.63) is 29.7 Å². The fraction of sp³-hybridized carbons (Fsp3) is 0.579. The minimum atomic E-state index is -0.947. The van der Waals surface area contributed by atoms with E-state index >= 15 is 0 Å². The molecule has 1 saturated carbocycles. The number of hydrogen-bond donors (Lipinski definition) is 1. The van der Waals surface area contributed by atoms with Crippen LogP contribution >= 0.6 is 0 Å². The first-order valence-corrected chi connectivity index (χ1v) is 8.93. The number of nitrogens with zero attached hydrogens (tertiary/aromatic N) is 2. The quantitative estimate of drug-likeness (QED) is 0.854. The largest absolute Gasteiger partial charge is 0.481 e. The highest BCUT2D eigenvalue weighted by atomic mass is 16.4. The zero-order valence-corrected chi connectivity index (χ0v) is 14.5. The van der Waals surface area contributed by atoms with Crippen molar-refractivity contribution in [3.63, 3.8) is 0 Å². The molecule has 6 heteroatoms. The molecule has 6 nitrogen and oxygen atoms in total. The first kappa shape index (κ1) is 16.4. The van der Waals surface area contributed by atoms with Crippen LogP contribution in [0, 0.1) is 17.3 Å². The van der Waals surface area contributed by atoms with E-state index in [1.54, 1.807) is 11.2 Å². The number of aliphatic carboxylic acids is 1. The molecule has 3 heterocycles. The van der Waals surface area contributed by atoms with E-state index in [1.165, 1.54) is 0 Å². The Morgan fingerprint density at radius 3 is 2.84 bits per heavy atom. The fourth-order valence-electron chi connectivity index (χ4n) is 4.31. The SMILES string of the molecule is C/C(=C\c1ccco1)CN1C[C@H]2C(=O)N(CC3CC3)C[C@@]2(C(=O)O)C1. The van der Waals surface area contributed by atoms with Crippen molar-refractivity contribution in [2.45, 2.75) is 19.8 Å². The van der Waals surface area contributed by atoms with E-state index in [4.69, 9.17) is 4.42 Å². The van der Waals surface area contributed by atoms with Crippen molar-refractivity contribution in [2.75, 3.05) is 32.7 Å². The second-order valence-corrected chi connectivity index (χ2v) is 7.85. The number of amides is 1. The molecular weight excluding hydrogens is 320 g/mol. The highest BCUT2D eigenvalue weighted by Gasteiger charge is 2.62. The maximum atomic E-state index is 12.8. The maximum absolute atomic E-state index is 12.8. The number of likely N-dealkylation sites (tertiary alicyclic amines) is 2. The van der Waals surface area contributed by atoms with Gasteiger partial charge < -0.3 is 14.4 Å². The molecule has 0 aromatic carbocycles. The zero-order chi connectivity index (χ0) is 17.6. The van der Waals surface area contributed by atoms with E-state index in [9.17, 15) is 14.7 Å². The van der Waals surface area contributed by atoms with Crippen molar-refractivity contribution < 1.29 is 19.1 Å². The first-order valence-electron chi connectivity index (χ1n) is 8.93. The lowest BCUT2D eigenvalue weighted by Gasteiger charge is -2.25. The molecule has 25 heavy (non-hydrogen) atoms. The number of hydrogen-bond acceptors (Lipinski definition) is 4. The molecule has 3 aliphatic rings.